The maximum atomic E-state index is 13.3. The molecule has 2 N–H and O–H groups in total. The number of hydrogen-bond donors (Lipinski definition) is 2. The number of benzene rings is 1. The second-order valence-corrected chi connectivity index (χ2v) is 4.25. The van der Waals surface area contributed by atoms with Crippen molar-refractivity contribution in [1.29, 1.82) is 0 Å². The maximum Gasteiger partial charge on any atom is 0.224 e. The lowest BCUT2D eigenvalue weighted by molar-refractivity contribution is -0.121. The van der Waals surface area contributed by atoms with Gasteiger partial charge in [0.15, 0.2) is 0 Å². The summed E-state index contributed by atoms with van der Waals surface area (Å²) in [5.74, 6) is -1.44. The summed E-state index contributed by atoms with van der Waals surface area (Å²) in [6, 6.07) is 6.11. The maximum absolute atomic E-state index is 13.3. The van der Waals surface area contributed by atoms with Gasteiger partial charge in [-0.25, -0.2) is 8.78 Å². The number of aliphatic hydroxyl groups excluding tert-OH is 1. The van der Waals surface area contributed by atoms with Gasteiger partial charge in [0.1, 0.15) is 23.5 Å². The lowest BCUT2D eigenvalue weighted by Gasteiger charge is -2.10. The van der Waals surface area contributed by atoms with Crippen molar-refractivity contribution in [2.75, 3.05) is 6.54 Å². The van der Waals surface area contributed by atoms with Gasteiger partial charge in [-0.15, -0.1) is 0 Å². The topological polar surface area (TPSA) is 62.5 Å². The predicted molar refractivity (Wildman–Crippen MR) is 66.7 cm³/mol. The fraction of sp³-hybridized carbons (Fsp3) is 0.214. The number of carbonyl (C=O) groups is 1. The van der Waals surface area contributed by atoms with Crippen LogP contribution >= 0.6 is 0 Å². The van der Waals surface area contributed by atoms with Gasteiger partial charge in [0.25, 0.3) is 0 Å². The van der Waals surface area contributed by atoms with Gasteiger partial charge in [0.05, 0.1) is 19.2 Å². The van der Waals surface area contributed by atoms with Crippen LogP contribution in [0.25, 0.3) is 0 Å². The minimum absolute atomic E-state index is 0.0324. The molecule has 0 saturated heterocycles. The third-order valence-electron chi connectivity index (χ3n) is 2.72. The van der Waals surface area contributed by atoms with E-state index in [1.807, 2.05) is 0 Å². The zero-order valence-corrected chi connectivity index (χ0v) is 10.5. The van der Waals surface area contributed by atoms with Crippen LogP contribution in [0.2, 0.25) is 0 Å². The Bertz CT molecular complexity index is 584. The minimum Gasteiger partial charge on any atom is -0.467 e. The van der Waals surface area contributed by atoms with Gasteiger partial charge in [0, 0.05) is 5.56 Å². The van der Waals surface area contributed by atoms with Gasteiger partial charge in [0.2, 0.25) is 5.91 Å². The van der Waals surface area contributed by atoms with Crippen molar-refractivity contribution >= 4 is 5.91 Å². The van der Waals surface area contributed by atoms with Crippen molar-refractivity contribution in [3.63, 3.8) is 0 Å². The van der Waals surface area contributed by atoms with Gasteiger partial charge < -0.3 is 14.8 Å². The Morgan fingerprint density at radius 1 is 1.35 bits per heavy atom. The number of hydrogen-bond acceptors (Lipinski definition) is 3. The monoisotopic (exact) mass is 281 g/mol. The molecule has 0 aliphatic rings. The molecular weight excluding hydrogens is 268 g/mol. The summed E-state index contributed by atoms with van der Waals surface area (Å²) in [5.41, 5.74) is -0.0324. The first kappa shape index (κ1) is 14.2. The van der Waals surface area contributed by atoms with Crippen LogP contribution in [0.1, 0.15) is 17.4 Å². The van der Waals surface area contributed by atoms with Crippen LogP contribution in [0, 0.1) is 11.6 Å². The molecule has 6 heteroatoms. The van der Waals surface area contributed by atoms with Crippen LogP contribution in [-0.4, -0.2) is 17.6 Å². The largest absolute Gasteiger partial charge is 0.467 e. The highest BCUT2D eigenvalue weighted by molar-refractivity contribution is 5.78. The van der Waals surface area contributed by atoms with Crippen LogP contribution in [0.5, 0.6) is 0 Å². The quantitative estimate of drug-likeness (QED) is 0.880. The van der Waals surface area contributed by atoms with E-state index in [1.54, 1.807) is 12.1 Å². The fourth-order valence-corrected chi connectivity index (χ4v) is 1.71. The molecule has 2 rings (SSSR count). The molecule has 1 heterocycles. The zero-order chi connectivity index (χ0) is 14.5. The van der Waals surface area contributed by atoms with E-state index >= 15 is 0 Å². The van der Waals surface area contributed by atoms with E-state index in [1.165, 1.54) is 6.26 Å². The molecule has 1 amide bonds. The van der Waals surface area contributed by atoms with E-state index < -0.39 is 23.6 Å². The zero-order valence-electron chi connectivity index (χ0n) is 10.5. The first-order chi connectivity index (χ1) is 9.56. The van der Waals surface area contributed by atoms with Crippen LogP contribution in [0.4, 0.5) is 8.78 Å². The Hall–Kier alpha value is -2.21. The SMILES string of the molecule is O=C(Cc1cc(F)ccc1F)NCC(O)c1ccco1. The minimum atomic E-state index is -0.980. The molecule has 106 valence electrons. The Balaban J connectivity index is 1.88. The third-order valence-corrected chi connectivity index (χ3v) is 2.72. The Morgan fingerprint density at radius 3 is 2.85 bits per heavy atom. The average molecular weight is 281 g/mol. The van der Waals surface area contributed by atoms with Crippen molar-refractivity contribution in [1.82, 2.24) is 5.32 Å². The summed E-state index contributed by atoms with van der Waals surface area (Å²) in [4.78, 5) is 11.6. The van der Waals surface area contributed by atoms with Gasteiger partial charge in [-0.05, 0) is 30.3 Å². The summed E-state index contributed by atoms with van der Waals surface area (Å²) >= 11 is 0. The second kappa shape index (κ2) is 6.29. The summed E-state index contributed by atoms with van der Waals surface area (Å²) in [5, 5.41) is 12.1. The summed E-state index contributed by atoms with van der Waals surface area (Å²) in [6.45, 7) is -0.0662. The van der Waals surface area contributed by atoms with Gasteiger partial charge in [-0.3, -0.25) is 4.79 Å². The number of nitrogens with one attached hydrogen (secondary N) is 1. The van der Waals surface area contributed by atoms with Crippen molar-refractivity contribution in [2.45, 2.75) is 12.5 Å². The van der Waals surface area contributed by atoms with E-state index in [9.17, 15) is 18.7 Å². The highest BCUT2D eigenvalue weighted by Crippen LogP contribution is 2.12. The van der Waals surface area contributed by atoms with Gasteiger partial charge >= 0.3 is 0 Å². The van der Waals surface area contributed by atoms with E-state index in [0.717, 1.165) is 18.2 Å². The predicted octanol–water partition coefficient (Wildman–Crippen LogP) is 1.95. The molecule has 4 nitrogen and oxygen atoms in total. The third kappa shape index (κ3) is 3.64. The molecule has 0 bridgehead atoms. The molecular formula is C14H13F2NO3. The second-order valence-electron chi connectivity index (χ2n) is 4.25. The van der Waals surface area contributed by atoms with Gasteiger partial charge in [-0.1, -0.05) is 0 Å². The molecule has 0 fully saturated rings. The van der Waals surface area contributed by atoms with E-state index in [-0.39, 0.29) is 18.5 Å². The Morgan fingerprint density at radius 2 is 2.15 bits per heavy atom. The number of aliphatic hydroxyl groups is 1. The smallest absolute Gasteiger partial charge is 0.224 e. The van der Waals surface area contributed by atoms with Crippen molar-refractivity contribution in [3.05, 3.63) is 59.6 Å². The van der Waals surface area contributed by atoms with Crippen molar-refractivity contribution in [3.8, 4) is 0 Å². The van der Waals surface area contributed by atoms with Crippen molar-refractivity contribution < 1.29 is 23.1 Å². The van der Waals surface area contributed by atoms with E-state index in [2.05, 4.69) is 5.32 Å². The summed E-state index contributed by atoms with van der Waals surface area (Å²) in [6.07, 6.45) is 0.128. The first-order valence-corrected chi connectivity index (χ1v) is 5.98. The number of carbonyl (C=O) groups excluding carboxylic acids is 1. The van der Waals surface area contributed by atoms with E-state index in [0.29, 0.717) is 5.76 Å². The van der Waals surface area contributed by atoms with E-state index in [4.69, 9.17) is 4.42 Å². The molecule has 0 saturated carbocycles. The average Bonchev–Trinajstić information content (AvgIpc) is 2.94. The highest BCUT2D eigenvalue weighted by Gasteiger charge is 2.13. The number of halogens is 2. The molecule has 1 aromatic heterocycles. The molecule has 2 aromatic rings. The Labute approximate surface area is 114 Å². The Kier molecular flexibility index (Phi) is 4.47. The molecule has 1 unspecified atom stereocenters. The molecule has 0 aliphatic carbocycles. The van der Waals surface area contributed by atoms with Crippen LogP contribution in [0.3, 0.4) is 0 Å². The van der Waals surface area contributed by atoms with Gasteiger partial charge in [-0.2, -0.15) is 0 Å². The van der Waals surface area contributed by atoms with Crippen molar-refractivity contribution in [2.24, 2.45) is 0 Å². The summed E-state index contributed by atoms with van der Waals surface area (Å²) in [7, 11) is 0. The normalized spacial score (nSPS) is 12.2. The highest BCUT2D eigenvalue weighted by atomic mass is 19.1. The standard InChI is InChI=1S/C14H13F2NO3/c15-10-3-4-11(16)9(6-10)7-14(19)17-8-12(18)13-2-1-5-20-13/h1-6,12,18H,7-8H2,(H,17,19). The molecule has 20 heavy (non-hydrogen) atoms. The number of amides is 1. The number of rotatable bonds is 5. The van der Waals surface area contributed by atoms with Crippen LogP contribution in [-0.2, 0) is 11.2 Å². The molecule has 0 spiro atoms. The van der Waals surface area contributed by atoms with Crippen LogP contribution < -0.4 is 5.32 Å². The van der Waals surface area contributed by atoms with Crippen LogP contribution in [0.15, 0.2) is 41.0 Å². The lowest BCUT2D eigenvalue weighted by atomic mass is 10.1. The molecule has 1 atom stereocenters. The fourth-order valence-electron chi connectivity index (χ4n) is 1.71. The summed E-state index contributed by atoms with van der Waals surface area (Å²) < 4.78 is 31.3. The lowest BCUT2D eigenvalue weighted by Crippen LogP contribution is -2.29. The molecule has 0 radical (unpaired) electrons. The molecule has 1 aromatic carbocycles. The first-order valence-electron chi connectivity index (χ1n) is 5.98. The number of furan rings is 1. The molecule has 0 aliphatic heterocycles.